The first-order valence-electron chi connectivity index (χ1n) is 6.83. The molecule has 0 saturated carbocycles. The van der Waals surface area contributed by atoms with Crippen molar-refractivity contribution in [2.45, 2.75) is 25.1 Å². The lowest BCUT2D eigenvalue weighted by Crippen LogP contribution is -2.21. The maximum absolute atomic E-state index is 11.4. The van der Waals surface area contributed by atoms with E-state index in [4.69, 9.17) is 14.3 Å². The molecule has 1 aliphatic heterocycles. The molecule has 1 fully saturated rings. The lowest BCUT2D eigenvalue weighted by molar-refractivity contribution is -0.192. The number of carboxylic acids is 1. The lowest BCUT2D eigenvalue weighted by atomic mass is 10.1. The Hall–Kier alpha value is -2.29. The van der Waals surface area contributed by atoms with Crippen LogP contribution in [0.25, 0.3) is 11.1 Å². The SMILES string of the molecule is Cn1c(=O)oc2cc(C3CCCN3)ccc21.O=C(O)C(F)(F)F. The topological polar surface area (TPSA) is 84.5 Å². The quantitative estimate of drug-likeness (QED) is 0.836. The monoisotopic (exact) mass is 332 g/mol. The third-order valence-corrected chi connectivity index (χ3v) is 3.52. The van der Waals surface area contributed by atoms with E-state index in [0.717, 1.165) is 18.5 Å². The van der Waals surface area contributed by atoms with Gasteiger partial charge in [-0.15, -0.1) is 0 Å². The van der Waals surface area contributed by atoms with Gasteiger partial charge in [0, 0.05) is 13.1 Å². The van der Waals surface area contributed by atoms with Crippen molar-refractivity contribution in [3.8, 4) is 0 Å². The van der Waals surface area contributed by atoms with Gasteiger partial charge in [-0.05, 0) is 37.1 Å². The van der Waals surface area contributed by atoms with Crippen LogP contribution in [0.2, 0.25) is 0 Å². The van der Waals surface area contributed by atoms with Crippen molar-refractivity contribution in [1.29, 1.82) is 0 Å². The molecule has 0 radical (unpaired) electrons. The number of hydrogen-bond donors (Lipinski definition) is 2. The minimum Gasteiger partial charge on any atom is -0.475 e. The molecule has 0 amide bonds. The molecule has 6 nitrogen and oxygen atoms in total. The summed E-state index contributed by atoms with van der Waals surface area (Å²) in [6.45, 7) is 1.07. The first kappa shape index (κ1) is 17.1. The Morgan fingerprint density at radius 1 is 1.43 bits per heavy atom. The Bertz CT molecular complexity index is 757. The zero-order valence-corrected chi connectivity index (χ0v) is 12.2. The molecule has 0 aliphatic carbocycles. The summed E-state index contributed by atoms with van der Waals surface area (Å²) >= 11 is 0. The fourth-order valence-electron chi connectivity index (χ4n) is 2.34. The first-order valence-corrected chi connectivity index (χ1v) is 6.83. The highest BCUT2D eigenvalue weighted by molar-refractivity contribution is 5.74. The van der Waals surface area contributed by atoms with Crippen LogP contribution in [-0.4, -0.2) is 28.4 Å². The van der Waals surface area contributed by atoms with Crippen molar-refractivity contribution in [3.05, 3.63) is 34.3 Å². The number of rotatable bonds is 1. The summed E-state index contributed by atoms with van der Waals surface area (Å²) in [4.78, 5) is 20.2. The average molecular weight is 332 g/mol. The molecule has 1 aromatic carbocycles. The zero-order chi connectivity index (χ0) is 17.2. The lowest BCUT2D eigenvalue weighted by Gasteiger charge is -2.09. The molecule has 0 bridgehead atoms. The predicted octanol–water partition coefficient (Wildman–Crippen LogP) is 2.19. The van der Waals surface area contributed by atoms with Crippen LogP contribution in [0, 0.1) is 0 Å². The summed E-state index contributed by atoms with van der Waals surface area (Å²) in [6.07, 6.45) is -2.72. The Labute approximate surface area is 128 Å². The summed E-state index contributed by atoms with van der Waals surface area (Å²) in [7, 11) is 1.72. The van der Waals surface area contributed by atoms with Crippen molar-refractivity contribution in [2.75, 3.05) is 6.54 Å². The van der Waals surface area contributed by atoms with Crippen LogP contribution < -0.4 is 11.1 Å². The fraction of sp³-hybridized carbons (Fsp3) is 0.429. The number of halogens is 3. The second kappa shape index (κ2) is 6.45. The van der Waals surface area contributed by atoms with Crippen molar-refractivity contribution in [2.24, 2.45) is 7.05 Å². The average Bonchev–Trinajstić information content (AvgIpc) is 3.08. The molecule has 3 rings (SSSR count). The van der Waals surface area contributed by atoms with E-state index < -0.39 is 12.1 Å². The second-order valence-corrected chi connectivity index (χ2v) is 5.11. The van der Waals surface area contributed by atoms with Gasteiger partial charge in [0.1, 0.15) is 0 Å². The maximum Gasteiger partial charge on any atom is 0.490 e. The predicted molar refractivity (Wildman–Crippen MR) is 75.1 cm³/mol. The minimum atomic E-state index is -5.08. The number of alkyl halides is 3. The van der Waals surface area contributed by atoms with Crippen LogP contribution in [-0.2, 0) is 11.8 Å². The number of carboxylic acid groups (broad SMARTS) is 1. The highest BCUT2D eigenvalue weighted by Gasteiger charge is 2.38. The highest BCUT2D eigenvalue weighted by atomic mass is 19.4. The number of fused-ring (bicyclic) bond motifs is 1. The van der Waals surface area contributed by atoms with E-state index in [-0.39, 0.29) is 5.76 Å². The van der Waals surface area contributed by atoms with E-state index in [9.17, 15) is 18.0 Å². The summed E-state index contributed by atoms with van der Waals surface area (Å²) in [5.74, 6) is -3.06. The summed E-state index contributed by atoms with van der Waals surface area (Å²) in [6, 6.07) is 6.41. The zero-order valence-electron chi connectivity index (χ0n) is 12.2. The molecule has 2 heterocycles. The van der Waals surface area contributed by atoms with Crippen molar-refractivity contribution in [3.63, 3.8) is 0 Å². The third-order valence-electron chi connectivity index (χ3n) is 3.52. The Morgan fingerprint density at radius 3 is 2.61 bits per heavy atom. The fourth-order valence-corrected chi connectivity index (χ4v) is 2.34. The number of carbonyl (C=O) groups is 1. The second-order valence-electron chi connectivity index (χ2n) is 5.11. The maximum atomic E-state index is 11.4. The number of nitrogens with zero attached hydrogens (tertiary/aromatic N) is 1. The normalized spacial score (nSPS) is 17.8. The molecule has 1 saturated heterocycles. The molecule has 126 valence electrons. The summed E-state index contributed by atoms with van der Waals surface area (Å²) < 4.78 is 38.4. The van der Waals surface area contributed by atoms with Crippen LogP contribution in [0.3, 0.4) is 0 Å². The molecule has 2 N–H and O–H groups in total. The summed E-state index contributed by atoms with van der Waals surface area (Å²) in [5.41, 5.74) is 2.74. The number of oxazole rings is 1. The van der Waals surface area contributed by atoms with Gasteiger partial charge < -0.3 is 14.8 Å². The number of aryl methyl sites for hydroxylation is 1. The van der Waals surface area contributed by atoms with Gasteiger partial charge in [-0.2, -0.15) is 13.2 Å². The van der Waals surface area contributed by atoms with E-state index >= 15 is 0 Å². The van der Waals surface area contributed by atoms with E-state index in [2.05, 4.69) is 11.4 Å². The van der Waals surface area contributed by atoms with Gasteiger partial charge in [-0.3, -0.25) is 4.57 Å². The molecule has 1 aliphatic rings. The van der Waals surface area contributed by atoms with Gasteiger partial charge in [0.25, 0.3) is 0 Å². The summed E-state index contributed by atoms with van der Waals surface area (Å²) in [5, 5.41) is 10.6. The van der Waals surface area contributed by atoms with E-state index in [1.54, 1.807) is 7.05 Å². The molecule has 9 heteroatoms. The Morgan fingerprint density at radius 2 is 2.09 bits per heavy atom. The number of benzene rings is 1. The van der Waals surface area contributed by atoms with Crippen LogP contribution in [0.15, 0.2) is 27.4 Å². The van der Waals surface area contributed by atoms with Crippen LogP contribution in [0.4, 0.5) is 13.2 Å². The minimum absolute atomic E-state index is 0.300. The number of aliphatic carboxylic acids is 1. The molecular weight excluding hydrogens is 317 g/mol. The Kier molecular flexibility index (Phi) is 4.79. The van der Waals surface area contributed by atoms with Gasteiger partial charge in [0.2, 0.25) is 0 Å². The van der Waals surface area contributed by atoms with E-state index in [1.165, 1.54) is 16.6 Å². The van der Waals surface area contributed by atoms with Gasteiger partial charge in [0.15, 0.2) is 5.58 Å². The molecule has 1 atom stereocenters. The Balaban J connectivity index is 0.000000236. The third kappa shape index (κ3) is 3.92. The van der Waals surface area contributed by atoms with Gasteiger partial charge in [0.05, 0.1) is 5.52 Å². The van der Waals surface area contributed by atoms with E-state index in [0.29, 0.717) is 11.6 Å². The molecule has 23 heavy (non-hydrogen) atoms. The number of aromatic nitrogens is 1. The van der Waals surface area contributed by atoms with Crippen molar-refractivity contribution in [1.82, 2.24) is 9.88 Å². The van der Waals surface area contributed by atoms with Gasteiger partial charge in [-0.1, -0.05) is 6.07 Å². The number of nitrogens with one attached hydrogen (secondary N) is 1. The standard InChI is InChI=1S/C12H14N2O2.C2HF3O2/c1-14-10-5-4-8(9-3-2-6-13-9)7-11(10)16-12(14)15;3-2(4,5)1(6)7/h4-5,7,9,13H,2-3,6H2,1H3;(H,6,7). The van der Waals surface area contributed by atoms with Gasteiger partial charge >= 0.3 is 17.9 Å². The van der Waals surface area contributed by atoms with Crippen molar-refractivity contribution >= 4 is 17.1 Å². The largest absolute Gasteiger partial charge is 0.490 e. The smallest absolute Gasteiger partial charge is 0.475 e. The molecular formula is C14H15F3N2O4. The van der Waals surface area contributed by atoms with Crippen LogP contribution in [0.1, 0.15) is 24.4 Å². The first-order chi connectivity index (χ1) is 10.7. The van der Waals surface area contributed by atoms with Crippen LogP contribution >= 0.6 is 0 Å². The van der Waals surface area contributed by atoms with Gasteiger partial charge in [-0.25, -0.2) is 9.59 Å². The van der Waals surface area contributed by atoms with Crippen molar-refractivity contribution < 1.29 is 27.5 Å². The molecule has 2 aromatic rings. The molecule has 1 aromatic heterocycles. The van der Waals surface area contributed by atoms with E-state index in [1.807, 2.05) is 12.1 Å². The molecule has 1 unspecified atom stereocenters. The number of hydrogen-bond acceptors (Lipinski definition) is 4. The van der Waals surface area contributed by atoms with Crippen LogP contribution in [0.5, 0.6) is 0 Å². The highest BCUT2D eigenvalue weighted by Crippen LogP contribution is 2.25. The molecule has 0 spiro atoms.